The Labute approximate surface area is 83.6 Å². The van der Waals surface area contributed by atoms with Crippen LogP contribution in [0.3, 0.4) is 0 Å². The van der Waals surface area contributed by atoms with Crippen LogP contribution in [-0.4, -0.2) is 11.3 Å². The summed E-state index contributed by atoms with van der Waals surface area (Å²) in [6.07, 6.45) is 11.6. The van der Waals surface area contributed by atoms with Gasteiger partial charge < -0.3 is 0 Å². The van der Waals surface area contributed by atoms with Gasteiger partial charge in [0.2, 0.25) is 0 Å². The third-order valence-corrected chi connectivity index (χ3v) is 7.44. The van der Waals surface area contributed by atoms with Crippen LogP contribution in [0.5, 0.6) is 0 Å². The summed E-state index contributed by atoms with van der Waals surface area (Å²) in [6.45, 7) is 4.60. The highest BCUT2D eigenvalue weighted by atomic mass is 31.1. The van der Waals surface area contributed by atoms with Crippen molar-refractivity contribution in [1.29, 1.82) is 0 Å². The molecule has 2 saturated heterocycles. The standard InChI is InChI=1S/C12H21P/c1-3-10(2)13-11-6-4-7-12(13)9-5-8-11/h3,11-12H,4-9H2,1-2H3/b10-3-. The predicted molar refractivity (Wildman–Crippen MR) is 61.6 cm³/mol. The van der Waals surface area contributed by atoms with Gasteiger partial charge in [0.25, 0.3) is 0 Å². The van der Waals surface area contributed by atoms with Gasteiger partial charge >= 0.3 is 0 Å². The van der Waals surface area contributed by atoms with Gasteiger partial charge in [0, 0.05) is 0 Å². The molecule has 0 saturated carbocycles. The Morgan fingerprint density at radius 2 is 1.54 bits per heavy atom. The Kier molecular flexibility index (Phi) is 3.09. The average Bonchev–Trinajstić information content (AvgIpc) is 2.15. The Balaban J connectivity index is 2.15. The molecule has 2 heterocycles. The molecule has 2 aliphatic rings. The molecular weight excluding hydrogens is 175 g/mol. The summed E-state index contributed by atoms with van der Waals surface area (Å²) in [7, 11) is 0.290. The first-order chi connectivity index (χ1) is 6.33. The van der Waals surface area contributed by atoms with Gasteiger partial charge in [-0.15, -0.1) is 0 Å². The van der Waals surface area contributed by atoms with E-state index < -0.39 is 0 Å². The fourth-order valence-electron chi connectivity index (χ4n) is 3.05. The summed E-state index contributed by atoms with van der Waals surface area (Å²) >= 11 is 0. The summed E-state index contributed by atoms with van der Waals surface area (Å²) in [5.74, 6) is 0. The number of allylic oxidation sites excluding steroid dienone is 2. The van der Waals surface area contributed by atoms with Crippen molar-refractivity contribution in [3.05, 3.63) is 11.4 Å². The van der Waals surface area contributed by atoms with E-state index in [0.29, 0.717) is 7.92 Å². The molecule has 2 rings (SSSR count). The minimum Gasteiger partial charge on any atom is -0.0842 e. The SMILES string of the molecule is C/C=C(/C)P1C2CCCC1CCC2. The van der Waals surface area contributed by atoms with Gasteiger partial charge in [-0.2, -0.15) is 0 Å². The molecule has 0 spiro atoms. The van der Waals surface area contributed by atoms with E-state index in [-0.39, 0.29) is 0 Å². The molecular formula is C12H21P. The highest BCUT2D eigenvalue weighted by Gasteiger charge is 2.36. The number of fused-ring (bicyclic) bond motifs is 2. The van der Waals surface area contributed by atoms with Crippen LogP contribution < -0.4 is 0 Å². The molecule has 0 unspecified atom stereocenters. The zero-order chi connectivity index (χ0) is 9.26. The van der Waals surface area contributed by atoms with Crippen LogP contribution in [0.15, 0.2) is 11.4 Å². The summed E-state index contributed by atoms with van der Waals surface area (Å²) in [5.41, 5.74) is 2.22. The molecule has 13 heavy (non-hydrogen) atoms. The third-order valence-electron chi connectivity index (χ3n) is 3.76. The molecule has 2 aliphatic heterocycles. The summed E-state index contributed by atoms with van der Waals surface area (Å²) in [5, 5.41) is 1.74. The Hall–Kier alpha value is 0.170. The van der Waals surface area contributed by atoms with Crippen LogP contribution in [0.25, 0.3) is 0 Å². The maximum Gasteiger partial charge on any atom is -0.0170 e. The molecule has 0 aromatic heterocycles. The molecule has 0 radical (unpaired) electrons. The molecule has 0 atom stereocenters. The Morgan fingerprint density at radius 1 is 1.08 bits per heavy atom. The van der Waals surface area contributed by atoms with Crippen molar-refractivity contribution in [3.63, 3.8) is 0 Å². The fourth-order valence-corrected chi connectivity index (χ4v) is 6.94. The van der Waals surface area contributed by atoms with Crippen molar-refractivity contribution in [2.24, 2.45) is 0 Å². The largest absolute Gasteiger partial charge is 0.0842 e. The van der Waals surface area contributed by atoms with E-state index >= 15 is 0 Å². The summed E-state index contributed by atoms with van der Waals surface area (Å²) in [6, 6.07) is 0. The minimum atomic E-state index is 0.290. The molecule has 0 nitrogen and oxygen atoms in total. The molecule has 0 aromatic rings. The molecule has 0 N–H and O–H groups in total. The van der Waals surface area contributed by atoms with Gasteiger partial charge in [-0.1, -0.05) is 32.2 Å². The predicted octanol–water partition coefficient (Wildman–Crippen LogP) is 4.50. The molecule has 0 aliphatic carbocycles. The topological polar surface area (TPSA) is 0 Å². The second-order valence-corrected chi connectivity index (χ2v) is 7.49. The zero-order valence-electron chi connectivity index (χ0n) is 8.92. The molecule has 1 heteroatoms. The highest BCUT2D eigenvalue weighted by Crippen LogP contribution is 2.63. The van der Waals surface area contributed by atoms with Crippen LogP contribution in [0, 0.1) is 0 Å². The quantitative estimate of drug-likeness (QED) is 0.542. The van der Waals surface area contributed by atoms with Crippen LogP contribution in [0.1, 0.15) is 52.4 Å². The average molecular weight is 196 g/mol. The van der Waals surface area contributed by atoms with Gasteiger partial charge in [0.05, 0.1) is 0 Å². The first kappa shape index (κ1) is 9.71. The summed E-state index contributed by atoms with van der Waals surface area (Å²) < 4.78 is 0. The summed E-state index contributed by atoms with van der Waals surface area (Å²) in [4.78, 5) is 0. The van der Waals surface area contributed by atoms with Gasteiger partial charge in [0.15, 0.2) is 0 Å². The second kappa shape index (κ2) is 4.13. The van der Waals surface area contributed by atoms with Crippen molar-refractivity contribution < 1.29 is 0 Å². The lowest BCUT2D eigenvalue weighted by molar-refractivity contribution is 0.477. The van der Waals surface area contributed by atoms with Gasteiger partial charge in [-0.3, -0.25) is 0 Å². The Morgan fingerprint density at radius 3 is 1.92 bits per heavy atom. The Bertz CT molecular complexity index is 185. The molecule has 2 fully saturated rings. The van der Waals surface area contributed by atoms with Gasteiger partial charge in [0.1, 0.15) is 0 Å². The van der Waals surface area contributed by atoms with E-state index in [2.05, 4.69) is 19.9 Å². The lowest BCUT2D eigenvalue weighted by atomic mass is 9.99. The molecule has 74 valence electrons. The lowest BCUT2D eigenvalue weighted by Crippen LogP contribution is -2.26. The number of hydrogen-bond donors (Lipinski definition) is 0. The van der Waals surface area contributed by atoms with Crippen molar-refractivity contribution in [2.45, 2.75) is 63.7 Å². The monoisotopic (exact) mass is 196 g/mol. The van der Waals surface area contributed by atoms with Crippen LogP contribution in [0.2, 0.25) is 0 Å². The van der Waals surface area contributed by atoms with Crippen molar-refractivity contribution >= 4 is 7.92 Å². The van der Waals surface area contributed by atoms with Crippen LogP contribution >= 0.6 is 7.92 Å². The normalized spacial score (nSPS) is 40.5. The molecule has 2 bridgehead atoms. The van der Waals surface area contributed by atoms with Crippen molar-refractivity contribution in [3.8, 4) is 0 Å². The minimum absolute atomic E-state index is 0.290. The van der Waals surface area contributed by atoms with E-state index in [9.17, 15) is 0 Å². The van der Waals surface area contributed by atoms with E-state index in [1.165, 1.54) is 38.5 Å². The van der Waals surface area contributed by atoms with Gasteiger partial charge in [-0.05, 0) is 50.8 Å². The maximum atomic E-state index is 2.38. The zero-order valence-corrected chi connectivity index (χ0v) is 9.82. The van der Waals surface area contributed by atoms with Crippen molar-refractivity contribution in [2.75, 3.05) is 0 Å². The smallest absolute Gasteiger partial charge is 0.0170 e. The lowest BCUT2D eigenvalue weighted by Gasteiger charge is -2.43. The van der Waals surface area contributed by atoms with E-state index in [1.54, 1.807) is 5.31 Å². The van der Waals surface area contributed by atoms with Crippen LogP contribution in [-0.2, 0) is 0 Å². The highest BCUT2D eigenvalue weighted by molar-refractivity contribution is 7.63. The molecule has 0 amide bonds. The van der Waals surface area contributed by atoms with E-state index in [4.69, 9.17) is 0 Å². The first-order valence-electron chi connectivity index (χ1n) is 5.74. The maximum absolute atomic E-state index is 2.38. The number of rotatable bonds is 1. The van der Waals surface area contributed by atoms with Crippen LogP contribution in [0.4, 0.5) is 0 Å². The van der Waals surface area contributed by atoms with Gasteiger partial charge in [-0.25, -0.2) is 0 Å². The second-order valence-electron chi connectivity index (χ2n) is 4.51. The number of hydrogen-bond acceptors (Lipinski definition) is 0. The third kappa shape index (κ3) is 1.84. The molecule has 0 aromatic carbocycles. The van der Waals surface area contributed by atoms with Crippen molar-refractivity contribution in [1.82, 2.24) is 0 Å². The van der Waals surface area contributed by atoms with E-state index in [0.717, 1.165) is 11.3 Å². The first-order valence-corrected chi connectivity index (χ1v) is 7.22. The fraction of sp³-hybridized carbons (Fsp3) is 0.833. The van der Waals surface area contributed by atoms with E-state index in [1.807, 2.05) is 0 Å².